The number of carbonyl (C=O) groups excluding carboxylic acids is 6. The van der Waals surface area contributed by atoms with Crippen LogP contribution in [0.3, 0.4) is 0 Å². The first-order valence-electron chi connectivity index (χ1n) is 22.1. The highest BCUT2D eigenvalue weighted by Gasteiger charge is 2.32. The first-order chi connectivity index (χ1) is 32.9. The number of carbonyl (C=O) groups is 7. The lowest BCUT2D eigenvalue weighted by Crippen LogP contribution is -2.53. The van der Waals surface area contributed by atoms with Gasteiger partial charge in [0, 0.05) is 31.0 Å². The average Bonchev–Trinajstić information content (AvgIpc) is 3.80. The summed E-state index contributed by atoms with van der Waals surface area (Å²) in [6.07, 6.45) is 2.48. The minimum absolute atomic E-state index is 0.0723. The van der Waals surface area contributed by atoms with Crippen LogP contribution in [0.4, 0.5) is 0 Å². The molecule has 1 aliphatic rings. The lowest BCUT2D eigenvalue weighted by molar-refractivity contribution is -0.141. The lowest BCUT2D eigenvalue weighted by Gasteiger charge is -2.24. The number of azide groups is 1. The van der Waals surface area contributed by atoms with Gasteiger partial charge in [0.1, 0.15) is 30.4 Å². The predicted molar refractivity (Wildman–Crippen MR) is 240 cm³/mol. The number of amides is 6. The van der Waals surface area contributed by atoms with Crippen LogP contribution in [0.2, 0.25) is 0 Å². The maximum atomic E-state index is 14.1. The van der Waals surface area contributed by atoms with Gasteiger partial charge in [0.05, 0.1) is 78.1 Å². The van der Waals surface area contributed by atoms with E-state index in [1.807, 2.05) is 30.3 Å². The van der Waals surface area contributed by atoms with Crippen molar-refractivity contribution in [2.45, 2.75) is 75.5 Å². The van der Waals surface area contributed by atoms with Gasteiger partial charge in [-0.25, -0.2) is 4.68 Å². The molecule has 0 radical (unpaired) electrons. The van der Waals surface area contributed by atoms with Crippen molar-refractivity contribution in [2.75, 3.05) is 85.6 Å². The summed E-state index contributed by atoms with van der Waals surface area (Å²) in [7, 11) is 0. The minimum atomic E-state index is -1.51. The zero-order chi connectivity index (χ0) is 49.4. The van der Waals surface area contributed by atoms with E-state index in [1.54, 1.807) is 0 Å². The van der Waals surface area contributed by atoms with Crippen LogP contribution >= 0.6 is 0 Å². The minimum Gasteiger partial charge on any atom is -0.481 e. The molecule has 3 rings (SSSR count). The Hall–Kier alpha value is -6.93. The fourth-order valence-electron chi connectivity index (χ4n) is 6.44. The second-order valence-corrected chi connectivity index (χ2v) is 15.2. The average molecular weight is 958 g/mol. The fourth-order valence-corrected chi connectivity index (χ4v) is 6.44. The number of nitrogens with zero attached hydrogens (tertiary/aromatic N) is 6. The first kappa shape index (κ1) is 55.4. The van der Waals surface area contributed by atoms with E-state index in [0.29, 0.717) is 45.9 Å². The van der Waals surface area contributed by atoms with Crippen LogP contribution in [-0.4, -0.2) is 165 Å². The molecular formula is C41H63N15O12. The van der Waals surface area contributed by atoms with Crippen molar-refractivity contribution in [3.8, 4) is 0 Å². The number of guanidine groups is 1. The topological polar surface area (TPSA) is 390 Å². The molecule has 2 heterocycles. The van der Waals surface area contributed by atoms with Gasteiger partial charge in [0.25, 0.3) is 0 Å². The van der Waals surface area contributed by atoms with Gasteiger partial charge in [-0.05, 0) is 49.6 Å². The molecule has 4 atom stereocenters. The van der Waals surface area contributed by atoms with Crippen LogP contribution in [-0.2, 0) is 58.9 Å². The molecule has 374 valence electrons. The third-order valence-corrected chi connectivity index (χ3v) is 9.84. The molecule has 0 unspecified atom stereocenters. The van der Waals surface area contributed by atoms with Gasteiger partial charge in [-0.1, -0.05) is 40.7 Å². The summed E-state index contributed by atoms with van der Waals surface area (Å²) in [6, 6.07) is 4.53. The summed E-state index contributed by atoms with van der Waals surface area (Å²) in [5, 5.41) is 47.1. The second-order valence-electron chi connectivity index (χ2n) is 15.2. The quantitative estimate of drug-likeness (QED) is 0.0103. The van der Waals surface area contributed by atoms with Crippen molar-refractivity contribution in [1.29, 1.82) is 5.41 Å². The zero-order valence-electron chi connectivity index (χ0n) is 37.8. The molecule has 0 saturated carbocycles. The Bertz CT molecular complexity index is 1970. The summed E-state index contributed by atoms with van der Waals surface area (Å²) in [5.41, 5.74) is 14.6. The summed E-state index contributed by atoms with van der Waals surface area (Å²) in [4.78, 5) is 92.2. The number of fused-ring (bicyclic) bond motifs is 2. The Kier molecular flexibility index (Phi) is 26.6. The number of aliphatic carboxylic acids is 1. The molecule has 2 bridgehead atoms. The number of hydrogen-bond acceptors (Lipinski definition) is 15. The van der Waals surface area contributed by atoms with E-state index in [4.69, 9.17) is 35.6 Å². The molecule has 27 heteroatoms. The standard InChI is InChI=1S/C41H63N15O12/c42-41(43)47-13-6-9-29-38(62)48-25-36(59)50-31(24-37(60)61)39(63)52-30(23-28-7-2-1-3-8-28)32-27-56(55-53-32)33(40(64)51-29)10-4-5-12-45-34(57)11-15-65-17-19-67-21-22-68-20-18-66-16-14-46-35(58)26-49-54-44/h1-3,7-8,27,29-31,33H,4-6,9-26H2,(H,45,57)(H,46,58)(H,48,62)(H,50,59)(H,51,64)(H,52,63)(H,60,61)(H4,42,43,47)/t29-,30-,31-,33-/m0/s1. The van der Waals surface area contributed by atoms with Gasteiger partial charge in [0.15, 0.2) is 5.96 Å². The number of nitrogens with two attached hydrogens (primary N) is 1. The van der Waals surface area contributed by atoms with Gasteiger partial charge in [-0.2, -0.15) is 0 Å². The van der Waals surface area contributed by atoms with Gasteiger partial charge < -0.3 is 67.0 Å². The Morgan fingerprint density at radius 3 is 2.12 bits per heavy atom. The Morgan fingerprint density at radius 1 is 0.794 bits per heavy atom. The molecule has 1 aromatic heterocycles. The zero-order valence-corrected chi connectivity index (χ0v) is 37.8. The number of carboxylic acid groups (broad SMARTS) is 1. The van der Waals surface area contributed by atoms with E-state index in [0.717, 1.165) is 5.56 Å². The predicted octanol–water partition coefficient (Wildman–Crippen LogP) is -1.77. The van der Waals surface area contributed by atoms with E-state index in [9.17, 15) is 38.7 Å². The smallest absolute Gasteiger partial charge is 0.305 e. The van der Waals surface area contributed by atoms with Gasteiger partial charge >= 0.3 is 5.97 Å². The third-order valence-electron chi connectivity index (χ3n) is 9.84. The summed E-state index contributed by atoms with van der Waals surface area (Å²) in [6.45, 7) is 2.25. The second kappa shape index (κ2) is 32.7. The van der Waals surface area contributed by atoms with Crippen molar-refractivity contribution in [2.24, 2.45) is 10.8 Å². The maximum Gasteiger partial charge on any atom is 0.305 e. The number of benzene rings is 1. The molecule has 1 aromatic carbocycles. The van der Waals surface area contributed by atoms with Crippen LogP contribution in [0.5, 0.6) is 0 Å². The number of aromatic nitrogens is 3. The molecule has 0 aliphatic carbocycles. The van der Waals surface area contributed by atoms with E-state index in [2.05, 4.69) is 57.6 Å². The normalized spacial score (nSPS) is 17.6. The summed E-state index contributed by atoms with van der Waals surface area (Å²) < 4.78 is 23.0. The van der Waals surface area contributed by atoms with Crippen LogP contribution in [0.15, 0.2) is 41.6 Å². The number of hydrogen-bond donors (Lipinski definition) is 10. The first-order valence-corrected chi connectivity index (χ1v) is 22.1. The van der Waals surface area contributed by atoms with Crippen LogP contribution in [0.1, 0.15) is 68.3 Å². The Balaban J connectivity index is 1.54. The maximum absolute atomic E-state index is 14.1. The van der Waals surface area contributed by atoms with E-state index in [1.165, 1.54) is 10.9 Å². The SMILES string of the molecule is [N-]=[N+]=NCC(=O)NCCOCCOCCOCCOCCC(=O)NCCCC[C@H]1C(=O)N[C@@H](CCCNC(=N)N)C(=O)NCC(=O)N[C@@H](CC(=O)O)C(=O)N[C@@H](Cc2ccccc2)c2cn1nn2. The highest BCUT2D eigenvalue weighted by Crippen LogP contribution is 2.21. The molecule has 1 aliphatic heterocycles. The number of carboxylic acids is 1. The molecule has 27 nitrogen and oxygen atoms in total. The Labute approximate surface area is 392 Å². The molecule has 0 fully saturated rings. The number of ether oxygens (including phenoxy) is 4. The van der Waals surface area contributed by atoms with Gasteiger partial charge in [0.2, 0.25) is 35.4 Å². The monoisotopic (exact) mass is 957 g/mol. The van der Waals surface area contributed by atoms with Crippen molar-refractivity contribution < 1.29 is 57.6 Å². The summed E-state index contributed by atoms with van der Waals surface area (Å²) >= 11 is 0. The molecule has 0 saturated heterocycles. The Morgan fingerprint density at radius 2 is 1.44 bits per heavy atom. The fraction of sp³-hybridized carbons (Fsp3) is 0.610. The highest BCUT2D eigenvalue weighted by atomic mass is 16.6. The van der Waals surface area contributed by atoms with Crippen LogP contribution in [0.25, 0.3) is 10.4 Å². The van der Waals surface area contributed by atoms with E-state index in [-0.39, 0.29) is 102 Å². The molecular weight excluding hydrogens is 895 g/mol. The number of nitrogens with one attached hydrogen (secondary N) is 8. The van der Waals surface area contributed by atoms with Gasteiger partial charge in [-0.15, -0.1) is 5.10 Å². The third kappa shape index (κ3) is 23.5. The van der Waals surface area contributed by atoms with E-state index < -0.39 is 66.7 Å². The number of rotatable bonds is 30. The van der Waals surface area contributed by atoms with Crippen molar-refractivity contribution >= 4 is 47.4 Å². The van der Waals surface area contributed by atoms with Crippen molar-refractivity contribution in [1.82, 2.24) is 52.2 Å². The van der Waals surface area contributed by atoms with Crippen LogP contribution in [0, 0.1) is 5.41 Å². The molecule has 6 amide bonds. The highest BCUT2D eigenvalue weighted by molar-refractivity contribution is 5.94. The summed E-state index contributed by atoms with van der Waals surface area (Å²) in [5.74, 6) is -5.23. The molecule has 2 aromatic rings. The van der Waals surface area contributed by atoms with Gasteiger partial charge in [-0.3, -0.25) is 39.0 Å². The van der Waals surface area contributed by atoms with Crippen molar-refractivity contribution in [3.05, 3.63) is 58.2 Å². The van der Waals surface area contributed by atoms with Crippen molar-refractivity contribution in [3.63, 3.8) is 0 Å². The molecule has 0 spiro atoms. The molecule has 68 heavy (non-hydrogen) atoms. The number of unbranched alkanes of at least 4 members (excludes halogenated alkanes) is 1. The van der Waals surface area contributed by atoms with Crippen LogP contribution < -0.4 is 43.0 Å². The largest absolute Gasteiger partial charge is 0.481 e. The molecule has 11 N–H and O–H groups in total. The lowest BCUT2D eigenvalue weighted by atomic mass is 10.0. The van der Waals surface area contributed by atoms with E-state index >= 15 is 0 Å².